The molecule has 0 atom stereocenters. The predicted molar refractivity (Wildman–Crippen MR) is 143 cm³/mol. The fourth-order valence-corrected chi connectivity index (χ4v) is 4.35. The first-order valence-corrected chi connectivity index (χ1v) is 12.6. The maximum atomic E-state index is 11.7. The number of piperazine rings is 1. The van der Waals surface area contributed by atoms with E-state index >= 15 is 0 Å². The molecule has 2 aromatic rings. The lowest BCUT2D eigenvalue weighted by atomic mass is 10.3. The number of hydrogen-bond donors (Lipinski definition) is 2. The van der Waals surface area contributed by atoms with E-state index in [0.717, 1.165) is 63.7 Å². The molecule has 3 N–H and O–H groups in total. The predicted octanol–water partition coefficient (Wildman–Crippen LogP) is 0.842. The SMILES string of the molecule is C=CC(=O)Nc1cc(N)nc(Sc2c(OC)nc(N3CCN(CCOCCN(C)C)CC3)nc2OC)n1. The number of nitrogens with zero attached hydrogens (tertiary/aromatic N) is 7. The summed E-state index contributed by atoms with van der Waals surface area (Å²) < 4.78 is 16.9. The van der Waals surface area contributed by atoms with Gasteiger partial charge in [-0.25, -0.2) is 9.97 Å². The second-order valence-corrected chi connectivity index (χ2v) is 9.35. The molecule has 0 aliphatic carbocycles. The molecule has 0 spiro atoms. The third-order valence-electron chi connectivity index (χ3n) is 5.42. The van der Waals surface area contributed by atoms with Crippen LogP contribution >= 0.6 is 11.8 Å². The van der Waals surface area contributed by atoms with E-state index in [0.29, 0.717) is 29.2 Å². The van der Waals surface area contributed by atoms with Gasteiger partial charge in [-0.1, -0.05) is 6.58 Å². The van der Waals surface area contributed by atoms with E-state index < -0.39 is 5.91 Å². The Morgan fingerprint density at radius 2 is 1.81 bits per heavy atom. The Morgan fingerprint density at radius 3 is 2.41 bits per heavy atom. The molecule has 2 aromatic heterocycles. The molecule has 0 saturated carbocycles. The quantitative estimate of drug-likeness (QED) is 0.213. The first kappa shape index (κ1) is 28.4. The number of ether oxygens (including phenoxy) is 3. The van der Waals surface area contributed by atoms with Crippen molar-refractivity contribution in [2.45, 2.75) is 10.1 Å². The van der Waals surface area contributed by atoms with Crippen LogP contribution in [0.2, 0.25) is 0 Å². The van der Waals surface area contributed by atoms with E-state index in [1.54, 1.807) is 0 Å². The Morgan fingerprint density at radius 1 is 1.14 bits per heavy atom. The van der Waals surface area contributed by atoms with E-state index in [2.05, 4.69) is 46.5 Å². The molecule has 14 heteroatoms. The number of anilines is 3. The Kier molecular flexibility index (Phi) is 10.7. The van der Waals surface area contributed by atoms with Gasteiger partial charge in [0.05, 0.1) is 27.4 Å². The number of carbonyl (C=O) groups excluding carboxylic acids is 1. The van der Waals surface area contributed by atoms with Crippen LogP contribution in [-0.2, 0) is 9.53 Å². The van der Waals surface area contributed by atoms with Crippen molar-refractivity contribution in [3.63, 3.8) is 0 Å². The van der Waals surface area contributed by atoms with Gasteiger partial charge in [0.25, 0.3) is 0 Å². The summed E-state index contributed by atoms with van der Waals surface area (Å²) in [6.07, 6.45) is 1.14. The van der Waals surface area contributed by atoms with Crippen molar-refractivity contribution >= 4 is 35.3 Å². The minimum atomic E-state index is -0.408. The van der Waals surface area contributed by atoms with Crippen molar-refractivity contribution in [2.24, 2.45) is 0 Å². The molecule has 0 bridgehead atoms. The molecule has 37 heavy (non-hydrogen) atoms. The summed E-state index contributed by atoms with van der Waals surface area (Å²) in [5.74, 6) is 1.20. The highest BCUT2D eigenvalue weighted by atomic mass is 32.2. The second-order valence-electron chi connectivity index (χ2n) is 8.37. The minimum absolute atomic E-state index is 0.188. The van der Waals surface area contributed by atoms with Crippen molar-refractivity contribution in [3.05, 3.63) is 18.7 Å². The van der Waals surface area contributed by atoms with Crippen LogP contribution in [0.1, 0.15) is 0 Å². The van der Waals surface area contributed by atoms with Gasteiger partial charge in [0.2, 0.25) is 23.6 Å². The van der Waals surface area contributed by atoms with Gasteiger partial charge in [-0.05, 0) is 31.9 Å². The van der Waals surface area contributed by atoms with Crippen LogP contribution in [0.25, 0.3) is 0 Å². The highest BCUT2D eigenvalue weighted by Crippen LogP contribution is 2.40. The van der Waals surface area contributed by atoms with Crippen molar-refractivity contribution in [3.8, 4) is 11.8 Å². The van der Waals surface area contributed by atoms with Crippen molar-refractivity contribution in [1.29, 1.82) is 0 Å². The molecule has 13 nitrogen and oxygen atoms in total. The number of nitrogens with one attached hydrogen (secondary N) is 1. The van der Waals surface area contributed by atoms with E-state index in [4.69, 9.17) is 19.9 Å². The van der Waals surface area contributed by atoms with Crippen molar-refractivity contribution < 1.29 is 19.0 Å². The standard InChI is InChI=1S/C23H35N9O4S/c1-6-18(33)26-17-15-16(24)25-23(27-17)37-19-20(34-4)28-22(29-21(19)35-5)32-9-7-31(8-10-32)12-14-36-13-11-30(2)3/h6,15H,1,7-14H2,2-5H3,(H3,24,25,26,27,33). The van der Waals surface area contributed by atoms with Gasteiger partial charge in [0.15, 0.2) is 5.16 Å². The van der Waals surface area contributed by atoms with Gasteiger partial charge in [-0.2, -0.15) is 9.97 Å². The minimum Gasteiger partial charge on any atom is -0.480 e. The lowest BCUT2D eigenvalue weighted by Crippen LogP contribution is -2.48. The molecular weight excluding hydrogens is 498 g/mol. The summed E-state index contributed by atoms with van der Waals surface area (Å²) in [6.45, 7) is 9.96. The summed E-state index contributed by atoms with van der Waals surface area (Å²) in [5.41, 5.74) is 5.91. The van der Waals surface area contributed by atoms with Crippen LogP contribution in [-0.4, -0.2) is 116 Å². The van der Waals surface area contributed by atoms with Crippen LogP contribution in [0, 0.1) is 0 Å². The summed E-state index contributed by atoms with van der Waals surface area (Å²) in [7, 11) is 7.13. The normalized spacial score (nSPS) is 14.0. The van der Waals surface area contributed by atoms with Crippen LogP contribution < -0.4 is 25.4 Å². The molecule has 0 aromatic carbocycles. The van der Waals surface area contributed by atoms with E-state index in [9.17, 15) is 4.79 Å². The zero-order valence-electron chi connectivity index (χ0n) is 21.8. The molecule has 1 aliphatic rings. The van der Waals surface area contributed by atoms with Crippen LogP contribution in [0.3, 0.4) is 0 Å². The second kappa shape index (κ2) is 13.9. The molecule has 3 rings (SSSR count). The zero-order valence-corrected chi connectivity index (χ0v) is 22.6. The fourth-order valence-electron chi connectivity index (χ4n) is 3.44. The topological polar surface area (TPSA) is 144 Å². The molecule has 0 radical (unpaired) electrons. The summed E-state index contributed by atoms with van der Waals surface area (Å²) in [5, 5.41) is 2.85. The molecule has 3 heterocycles. The molecule has 1 amide bonds. The van der Waals surface area contributed by atoms with Gasteiger partial charge in [0.1, 0.15) is 16.5 Å². The number of carbonyl (C=O) groups is 1. The van der Waals surface area contributed by atoms with E-state index in [-0.39, 0.29) is 16.8 Å². The van der Waals surface area contributed by atoms with Gasteiger partial charge in [-0.3, -0.25) is 9.69 Å². The number of likely N-dealkylation sites (N-methyl/N-ethyl adjacent to an activating group) is 1. The lowest BCUT2D eigenvalue weighted by Gasteiger charge is -2.34. The largest absolute Gasteiger partial charge is 0.480 e. The Balaban J connectivity index is 1.68. The number of hydrogen-bond acceptors (Lipinski definition) is 13. The smallest absolute Gasteiger partial charge is 0.248 e. The first-order chi connectivity index (χ1) is 17.8. The Hall–Kier alpha value is -3.20. The first-order valence-electron chi connectivity index (χ1n) is 11.8. The Bertz CT molecular complexity index is 1040. The summed E-state index contributed by atoms with van der Waals surface area (Å²) in [6, 6.07) is 1.45. The van der Waals surface area contributed by atoms with Crippen molar-refractivity contribution in [1.82, 2.24) is 29.7 Å². The highest BCUT2D eigenvalue weighted by Gasteiger charge is 2.24. The monoisotopic (exact) mass is 533 g/mol. The number of nitrogens with two attached hydrogens (primary N) is 1. The van der Waals surface area contributed by atoms with Gasteiger partial charge < -0.3 is 35.1 Å². The van der Waals surface area contributed by atoms with E-state index in [1.165, 1.54) is 20.3 Å². The maximum Gasteiger partial charge on any atom is 0.248 e. The molecule has 1 saturated heterocycles. The van der Waals surface area contributed by atoms with Gasteiger partial charge in [0, 0.05) is 45.3 Å². The molecule has 0 unspecified atom stereocenters. The van der Waals surface area contributed by atoms with Crippen LogP contribution in [0.5, 0.6) is 11.8 Å². The average molecular weight is 534 g/mol. The Labute approximate surface area is 221 Å². The zero-order chi connectivity index (χ0) is 26.8. The van der Waals surface area contributed by atoms with E-state index in [1.807, 2.05) is 14.1 Å². The number of rotatable bonds is 13. The number of nitrogen functional groups attached to an aromatic ring is 1. The molecular formula is C23H35N9O4S. The molecule has 1 aliphatic heterocycles. The third-order valence-corrected chi connectivity index (χ3v) is 6.34. The van der Waals surface area contributed by atoms with Gasteiger partial charge in [-0.15, -0.1) is 0 Å². The fraction of sp³-hybridized carbons (Fsp3) is 0.522. The van der Waals surface area contributed by atoms with Gasteiger partial charge >= 0.3 is 0 Å². The molecule has 202 valence electrons. The summed E-state index contributed by atoms with van der Waals surface area (Å²) in [4.78, 5) is 36.5. The number of aromatic nitrogens is 4. The summed E-state index contributed by atoms with van der Waals surface area (Å²) >= 11 is 1.13. The molecule has 1 fully saturated rings. The number of amides is 1. The number of methoxy groups -OCH3 is 2. The average Bonchev–Trinajstić information content (AvgIpc) is 2.88. The van der Waals surface area contributed by atoms with Crippen LogP contribution in [0.15, 0.2) is 28.8 Å². The van der Waals surface area contributed by atoms with Crippen LogP contribution in [0.4, 0.5) is 17.6 Å². The van der Waals surface area contributed by atoms with Crippen molar-refractivity contribution in [2.75, 3.05) is 96.7 Å². The third kappa shape index (κ3) is 8.42. The maximum absolute atomic E-state index is 11.7. The lowest BCUT2D eigenvalue weighted by molar-refractivity contribution is -0.111. The highest BCUT2D eigenvalue weighted by molar-refractivity contribution is 7.99.